The molecule has 1 heterocycles. The van der Waals surface area contributed by atoms with Crippen molar-refractivity contribution in [1.29, 1.82) is 5.26 Å². The number of imidazole rings is 1. The summed E-state index contributed by atoms with van der Waals surface area (Å²) in [5, 5.41) is 8.32. The Balaban J connectivity index is 2.28. The van der Waals surface area contributed by atoms with E-state index in [1.165, 1.54) is 0 Å². The van der Waals surface area contributed by atoms with Crippen LogP contribution in [0.1, 0.15) is 18.5 Å². The van der Waals surface area contributed by atoms with Gasteiger partial charge in [0.05, 0.1) is 12.4 Å². The molecule has 0 spiro atoms. The molecule has 1 atom stereocenters. The lowest BCUT2D eigenvalue weighted by molar-refractivity contribution is 0.614. The first-order valence-electron chi connectivity index (χ1n) is 3.92. The lowest BCUT2D eigenvalue weighted by atomic mass is 10.1. The lowest BCUT2D eigenvalue weighted by Crippen LogP contribution is -2.22. The second-order valence-corrected chi connectivity index (χ2v) is 2.74. The quantitative estimate of drug-likeness (QED) is 0.683. The highest BCUT2D eigenvalue weighted by atomic mass is 14.9. The fourth-order valence-corrected chi connectivity index (χ4v) is 1.03. The number of nitrogens with zero attached hydrogens (tertiary/aromatic N) is 2. The molecule has 0 aromatic carbocycles. The topological polar surface area (TPSA) is 78.5 Å². The Labute approximate surface area is 71.4 Å². The molecule has 4 heteroatoms. The zero-order valence-corrected chi connectivity index (χ0v) is 6.83. The molecule has 0 radical (unpaired) electrons. The van der Waals surface area contributed by atoms with Crippen LogP contribution in [-0.4, -0.2) is 16.0 Å². The third kappa shape index (κ3) is 2.72. The molecule has 0 bridgehead atoms. The third-order valence-electron chi connectivity index (χ3n) is 1.66. The monoisotopic (exact) mass is 164 g/mol. The number of rotatable bonds is 4. The van der Waals surface area contributed by atoms with Gasteiger partial charge in [0.25, 0.3) is 0 Å². The number of aromatic nitrogens is 2. The van der Waals surface area contributed by atoms with Crippen molar-refractivity contribution in [2.75, 3.05) is 0 Å². The Kier molecular flexibility index (Phi) is 3.30. The van der Waals surface area contributed by atoms with Gasteiger partial charge in [-0.25, -0.2) is 4.98 Å². The van der Waals surface area contributed by atoms with E-state index >= 15 is 0 Å². The Morgan fingerprint density at radius 3 is 3.17 bits per heavy atom. The number of nitrogens with one attached hydrogen (secondary N) is 1. The molecule has 0 saturated carbocycles. The minimum Gasteiger partial charge on any atom is -0.348 e. The highest BCUT2D eigenvalue weighted by Crippen LogP contribution is 2.01. The van der Waals surface area contributed by atoms with Crippen LogP contribution in [0, 0.1) is 11.3 Å². The fraction of sp³-hybridized carbons (Fsp3) is 0.500. The van der Waals surface area contributed by atoms with Gasteiger partial charge < -0.3 is 10.7 Å². The SMILES string of the molecule is N#CCCC(N)Cc1cnc[nH]1. The summed E-state index contributed by atoms with van der Waals surface area (Å²) in [5.41, 5.74) is 6.78. The highest BCUT2D eigenvalue weighted by Gasteiger charge is 2.03. The van der Waals surface area contributed by atoms with Crippen molar-refractivity contribution in [3.63, 3.8) is 0 Å². The molecule has 1 aromatic heterocycles. The van der Waals surface area contributed by atoms with E-state index < -0.39 is 0 Å². The molecular weight excluding hydrogens is 152 g/mol. The number of nitriles is 1. The fourth-order valence-electron chi connectivity index (χ4n) is 1.03. The van der Waals surface area contributed by atoms with E-state index in [0.717, 1.165) is 18.5 Å². The molecule has 0 amide bonds. The minimum atomic E-state index is 0.0603. The number of nitrogens with two attached hydrogens (primary N) is 1. The molecule has 1 unspecified atom stereocenters. The summed E-state index contributed by atoms with van der Waals surface area (Å²) in [5.74, 6) is 0. The van der Waals surface area contributed by atoms with E-state index in [2.05, 4.69) is 16.0 Å². The molecule has 0 fully saturated rings. The zero-order valence-electron chi connectivity index (χ0n) is 6.83. The molecule has 0 aliphatic rings. The number of hydrogen-bond acceptors (Lipinski definition) is 3. The predicted octanol–water partition coefficient (Wildman–Crippen LogP) is 0.583. The van der Waals surface area contributed by atoms with Crippen molar-refractivity contribution in [1.82, 2.24) is 9.97 Å². The summed E-state index contributed by atoms with van der Waals surface area (Å²) in [6.07, 6.45) is 5.42. The Morgan fingerprint density at radius 1 is 1.75 bits per heavy atom. The van der Waals surface area contributed by atoms with Gasteiger partial charge in [0.2, 0.25) is 0 Å². The second-order valence-electron chi connectivity index (χ2n) is 2.74. The highest BCUT2D eigenvalue weighted by molar-refractivity contribution is 4.97. The van der Waals surface area contributed by atoms with Crippen molar-refractivity contribution in [3.05, 3.63) is 18.2 Å². The summed E-state index contributed by atoms with van der Waals surface area (Å²) in [7, 11) is 0. The van der Waals surface area contributed by atoms with Crippen molar-refractivity contribution in [3.8, 4) is 6.07 Å². The van der Waals surface area contributed by atoms with E-state index in [1.54, 1.807) is 12.5 Å². The van der Waals surface area contributed by atoms with Crippen LogP contribution in [0.5, 0.6) is 0 Å². The Bertz CT molecular complexity index is 247. The third-order valence-corrected chi connectivity index (χ3v) is 1.66. The summed E-state index contributed by atoms with van der Waals surface area (Å²) in [6, 6.07) is 2.13. The van der Waals surface area contributed by atoms with Crippen LogP contribution in [0.25, 0.3) is 0 Å². The van der Waals surface area contributed by atoms with Gasteiger partial charge in [0.1, 0.15) is 0 Å². The second kappa shape index (κ2) is 4.52. The van der Waals surface area contributed by atoms with Gasteiger partial charge >= 0.3 is 0 Å². The number of hydrogen-bond donors (Lipinski definition) is 2. The smallest absolute Gasteiger partial charge is 0.0921 e. The zero-order chi connectivity index (χ0) is 8.81. The van der Waals surface area contributed by atoms with Crippen LogP contribution in [-0.2, 0) is 6.42 Å². The average Bonchev–Trinajstić information content (AvgIpc) is 2.53. The lowest BCUT2D eigenvalue weighted by Gasteiger charge is -2.06. The van der Waals surface area contributed by atoms with Crippen LogP contribution >= 0.6 is 0 Å². The molecular formula is C8H12N4. The van der Waals surface area contributed by atoms with Gasteiger partial charge in [0.15, 0.2) is 0 Å². The van der Waals surface area contributed by atoms with E-state index in [9.17, 15) is 0 Å². The van der Waals surface area contributed by atoms with Gasteiger partial charge in [0, 0.05) is 30.8 Å². The maximum Gasteiger partial charge on any atom is 0.0921 e. The van der Waals surface area contributed by atoms with Crippen LogP contribution in [0.2, 0.25) is 0 Å². The van der Waals surface area contributed by atoms with Gasteiger partial charge in [-0.15, -0.1) is 0 Å². The first kappa shape index (κ1) is 8.75. The molecule has 64 valence electrons. The average molecular weight is 164 g/mol. The number of H-pyrrole nitrogens is 1. The Morgan fingerprint density at radius 2 is 2.58 bits per heavy atom. The molecule has 1 aromatic rings. The molecule has 1 rings (SSSR count). The van der Waals surface area contributed by atoms with Gasteiger partial charge in [-0.3, -0.25) is 0 Å². The van der Waals surface area contributed by atoms with Gasteiger partial charge in [-0.05, 0) is 6.42 Å². The minimum absolute atomic E-state index is 0.0603. The number of aromatic amines is 1. The summed E-state index contributed by atoms with van der Waals surface area (Å²) >= 11 is 0. The summed E-state index contributed by atoms with van der Waals surface area (Å²) < 4.78 is 0. The van der Waals surface area contributed by atoms with E-state index in [-0.39, 0.29) is 6.04 Å². The molecule has 0 aliphatic heterocycles. The van der Waals surface area contributed by atoms with Crippen molar-refractivity contribution in [2.24, 2.45) is 5.73 Å². The molecule has 0 aliphatic carbocycles. The standard InChI is InChI=1S/C8H12N4/c9-3-1-2-7(10)4-8-5-11-6-12-8/h5-7H,1-2,4,10H2,(H,11,12). The largest absolute Gasteiger partial charge is 0.348 e. The normalized spacial score (nSPS) is 12.3. The molecule has 0 saturated heterocycles. The summed E-state index contributed by atoms with van der Waals surface area (Å²) in [6.45, 7) is 0. The van der Waals surface area contributed by atoms with Gasteiger partial charge in [-0.1, -0.05) is 0 Å². The first-order valence-corrected chi connectivity index (χ1v) is 3.92. The van der Waals surface area contributed by atoms with Crippen LogP contribution < -0.4 is 5.73 Å². The first-order chi connectivity index (χ1) is 5.83. The van der Waals surface area contributed by atoms with E-state index in [4.69, 9.17) is 11.0 Å². The predicted molar refractivity (Wildman–Crippen MR) is 45.1 cm³/mol. The maximum atomic E-state index is 8.32. The molecule has 3 N–H and O–H groups in total. The van der Waals surface area contributed by atoms with Gasteiger partial charge in [-0.2, -0.15) is 5.26 Å². The van der Waals surface area contributed by atoms with E-state index in [0.29, 0.717) is 6.42 Å². The van der Waals surface area contributed by atoms with Crippen molar-refractivity contribution in [2.45, 2.75) is 25.3 Å². The van der Waals surface area contributed by atoms with Crippen LogP contribution in [0.4, 0.5) is 0 Å². The molecule has 4 nitrogen and oxygen atoms in total. The maximum absolute atomic E-state index is 8.32. The molecule has 12 heavy (non-hydrogen) atoms. The van der Waals surface area contributed by atoms with Crippen LogP contribution in [0.3, 0.4) is 0 Å². The summed E-state index contributed by atoms with van der Waals surface area (Å²) in [4.78, 5) is 6.85. The van der Waals surface area contributed by atoms with Crippen molar-refractivity contribution < 1.29 is 0 Å². The van der Waals surface area contributed by atoms with Crippen LogP contribution in [0.15, 0.2) is 12.5 Å². The Hall–Kier alpha value is -1.34. The van der Waals surface area contributed by atoms with Crippen molar-refractivity contribution >= 4 is 0 Å². The van der Waals surface area contributed by atoms with E-state index in [1.807, 2.05) is 0 Å².